The third-order valence-electron chi connectivity index (χ3n) is 3.38. The molecule has 0 aliphatic rings. The van der Waals surface area contributed by atoms with Crippen LogP contribution in [0.1, 0.15) is 43.4 Å². The predicted molar refractivity (Wildman–Crippen MR) is 79.8 cm³/mol. The lowest BCUT2D eigenvalue weighted by Crippen LogP contribution is -2.08. The zero-order chi connectivity index (χ0) is 14.4. The monoisotopic (exact) mass is 271 g/mol. The Morgan fingerprint density at radius 3 is 2.60 bits per heavy atom. The third kappa shape index (κ3) is 3.58. The van der Waals surface area contributed by atoms with Gasteiger partial charge in [-0.3, -0.25) is 4.98 Å². The van der Waals surface area contributed by atoms with Crippen molar-refractivity contribution in [3.63, 3.8) is 0 Å². The number of ether oxygens (including phenoxy) is 1. The molecule has 1 heterocycles. The third-order valence-corrected chi connectivity index (χ3v) is 3.38. The van der Waals surface area contributed by atoms with Gasteiger partial charge in [-0.1, -0.05) is 26.0 Å². The van der Waals surface area contributed by atoms with Crippen molar-refractivity contribution in [2.24, 2.45) is 0 Å². The first-order chi connectivity index (χ1) is 9.72. The van der Waals surface area contributed by atoms with Crippen molar-refractivity contribution in [2.45, 2.75) is 32.3 Å². The van der Waals surface area contributed by atoms with Gasteiger partial charge in [0.15, 0.2) is 0 Å². The quantitative estimate of drug-likeness (QED) is 0.871. The topological polar surface area (TPSA) is 42.4 Å². The van der Waals surface area contributed by atoms with Crippen molar-refractivity contribution < 1.29 is 9.84 Å². The lowest BCUT2D eigenvalue weighted by atomic mass is 9.91. The largest absolute Gasteiger partial charge is 0.494 e. The van der Waals surface area contributed by atoms with Gasteiger partial charge in [0, 0.05) is 18.3 Å². The van der Waals surface area contributed by atoms with Crippen LogP contribution in [0.2, 0.25) is 0 Å². The molecule has 3 nitrogen and oxygen atoms in total. The highest BCUT2D eigenvalue weighted by Gasteiger charge is 2.18. The number of benzene rings is 1. The number of pyridine rings is 1. The van der Waals surface area contributed by atoms with Gasteiger partial charge in [-0.2, -0.15) is 0 Å². The predicted octanol–water partition coefficient (Wildman–Crippen LogP) is 3.71. The number of hydrogen-bond donors (Lipinski definition) is 1. The molecule has 20 heavy (non-hydrogen) atoms. The number of aliphatic hydroxyl groups excluding tert-OH is 1. The van der Waals surface area contributed by atoms with Crippen molar-refractivity contribution in [3.8, 4) is 5.75 Å². The van der Waals surface area contributed by atoms with Crippen LogP contribution in [0.3, 0.4) is 0 Å². The lowest BCUT2D eigenvalue weighted by Gasteiger charge is -2.20. The Kier molecular flexibility index (Phi) is 5.13. The van der Waals surface area contributed by atoms with E-state index >= 15 is 0 Å². The maximum Gasteiger partial charge on any atom is 0.119 e. The van der Waals surface area contributed by atoms with Crippen molar-refractivity contribution in [1.82, 2.24) is 4.98 Å². The van der Waals surface area contributed by atoms with E-state index in [1.54, 1.807) is 12.4 Å². The van der Waals surface area contributed by atoms with Crippen LogP contribution in [0, 0.1) is 0 Å². The number of aromatic nitrogens is 1. The van der Waals surface area contributed by atoms with E-state index in [9.17, 15) is 5.11 Å². The molecule has 1 N–H and O–H groups in total. The molecule has 2 aromatic rings. The summed E-state index contributed by atoms with van der Waals surface area (Å²) >= 11 is 0. The maximum atomic E-state index is 10.5. The van der Waals surface area contributed by atoms with E-state index in [4.69, 9.17) is 4.74 Å². The molecule has 0 bridgehead atoms. The average Bonchev–Trinajstić information content (AvgIpc) is 2.52. The Morgan fingerprint density at radius 1 is 1.15 bits per heavy atom. The van der Waals surface area contributed by atoms with Crippen LogP contribution in [-0.4, -0.2) is 16.7 Å². The molecule has 0 aliphatic heterocycles. The smallest absolute Gasteiger partial charge is 0.119 e. The molecule has 0 fully saturated rings. The molecule has 2 rings (SSSR count). The molecule has 106 valence electrons. The van der Waals surface area contributed by atoms with E-state index in [0.717, 1.165) is 23.3 Å². The minimum Gasteiger partial charge on any atom is -0.494 e. The molecule has 0 radical (unpaired) electrons. The van der Waals surface area contributed by atoms with E-state index in [2.05, 4.69) is 11.9 Å². The molecular weight excluding hydrogens is 250 g/mol. The summed E-state index contributed by atoms with van der Waals surface area (Å²) in [4.78, 5) is 4.01. The standard InChI is InChI=1S/C17H21NO2/c1-3-11-20-16-6-4-5-15(12-16)17(19)13(2)14-7-9-18-10-8-14/h4-10,12-13,17,19H,3,11H2,1-2H3. The molecule has 3 heteroatoms. The van der Waals surface area contributed by atoms with E-state index in [0.29, 0.717) is 6.61 Å². The summed E-state index contributed by atoms with van der Waals surface area (Å²) in [6.45, 7) is 4.78. The van der Waals surface area contributed by atoms with Gasteiger partial charge in [-0.15, -0.1) is 0 Å². The highest BCUT2D eigenvalue weighted by molar-refractivity contribution is 5.32. The first-order valence-electron chi connectivity index (χ1n) is 7.03. The molecule has 0 amide bonds. The summed E-state index contributed by atoms with van der Waals surface area (Å²) < 4.78 is 5.61. The zero-order valence-corrected chi connectivity index (χ0v) is 12.0. The normalized spacial score (nSPS) is 13.8. The Balaban J connectivity index is 2.14. The Labute approximate surface area is 120 Å². The van der Waals surface area contributed by atoms with Crippen LogP contribution in [0.25, 0.3) is 0 Å². The van der Waals surface area contributed by atoms with Crippen molar-refractivity contribution in [2.75, 3.05) is 6.61 Å². The molecule has 0 spiro atoms. The second-order valence-corrected chi connectivity index (χ2v) is 4.94. The Hall–Kier alpha value is -1.87. The number of nitrogens with zero attached hydrogens (tertiary/aromatic N) is 1. The summed E-state index contributed by atoms with van der Waals surface area (Å²) in [6.07, 6.45) is 3.92. The summed E-state index contributed by atoms with van der Waals surface area (Å²) in [5.74, 6) is 0.824. The summed E-state index contributed by atoms with van der Waals surface area (Å²) in [7, 11) is 0. The van der Waals surface area contributed by atoms with E-state index in [-0.39, 0.29) is 5.92 Å². The van der Waals surface area contributed by atoms with Crippen LogP contribution in [0.15, 0.2) is 48.8 Å². The number of aliphatic hydroxyl groups is 1. The highest BCUT2D eigenvalue weighted by Crippen LogP contribution is 2.31. The first kappa shape index (κ1) is 14.5. The number of hydrogen-bond acceptors (Lipinski definition) is 3. The van der Waals surface area contributed by atoms with Crippen molar-refractivity contribution in [3.05, 3.63) is 59.9 Å². The van der Waals surface area contributed by atoms with E-state index < -0.39 is 6.10 Å². The van der Waals surface area contributed by atoms with Crippen LogP contribution < -0.4 is 4.74 Å². The van der Waals surface area contributed by atoms with Crippen molar-refractivity contribution in [1.29, 1.82) is 0 Å². The van der Waals surface area contributed by atoms with E-state index in [1.165, 1.54) is 0 Å². The van der Waals surface area contributed by atoms with Gasteiger partial charge in [0.1, 0.15) is 5.75 Å². The van der Waals surface area contributed by atoms with Gasteiger partial charge < -0.3 is 9.84 Å². The average molecular weight is 271 g/mol. The summed E-state index contributed by atoms with van der Waals surface area (Å²) in [5, 5.41) is 10.5. The molecule has 1 aromatic heterocycles. The fourth-order valence-corrected chi connectivity index (χ4v) is 2.15. The van der Waals surface area contributed by atoms with Crippen LogP contribution >= 0.6 is 0 Å². The molecule has 2 atom stereocenters. The molecule has 1 aromatic carbocycles. The van der Waals surface area contributed by atoms with Gasteiger partial charge in [0.25, 0.3) is 0 Å². The van der Waals surface area contributed by atoms with Crippen LogP contribution in [0.4, 0.5) is 0 Å². The SMILES string of the molecule is CCCOc1cccc(C(O)C(C)c2ccncc2)c1. The van der Waals surface area contributed by atoms with Crippen molar-refractivity contribution >= 4 is 0 Å². The maximum absolute atomic E-state index is 10.5. The molecule has 0 saturated heterocycles. The second-order valence-electron chi connectivity index (χ2n) is 4.94. The van der Waals surface area contributed by atoms with Gasteiger partial charge in [0.05, 0.1) is 12.7 Å². The highest BCUT2D eigenvalue weighted by atomic mass is 16.5. The molecule has 0 aliphatic carbocycles. The number of rotatable bonds is 6. The Morgan fingerprint density at radius 2 is 1.90 bits per heavy atom. The fraction of sp³-hybridized carbons (Fsp3) is 0.353. The van der Waals surface area contributed by atoms with Gasteiger partial charge in [0.2, 0.25) is 0 Å². The molecular formula is C17H21NO2. The van der Waals surface area contributed by atoms with Gasteiger partial charge in [-0.05, 0) is 41.8 Å². The minimum atomic E-state index is -0.553. The summed E-state index contributed by atoms with van der Waals surface area (Å²) in [6, 6.07) is 11.6. The van der Waals surface area contributed by atoms with Crippen LogP contribution in [0.5, 0.6) is 5.75 Å². The first-order valence-corrected chi connectivity index (χ1v) is 7.03. The zero-order valence-electron chi connectivity index (χ0n) is 12.0. The lowest BCUT2D eigenvalue weighted by molar-refractivity contribution is 0.151. The minimum absolute atomic E-state index is 0.0134. The summed E-state index contributed by atoms with van der Waals surface area (Å²) in [5.41, 5.74) is 1.95. The second kappa shape index (κ2) is 7.06. The Bertz CT molecular complexity index is 528. The fourth-order valence-electron chi connectivity index (χ4n) is 2.15. The molecule has 2 unspecified atom stereocenters. The van der Waals surface area contributed by atoms with Crippen LogP contribution in [-0.2, 0) is 0 Å². The molecule has 0 saturated carbocycles. The van der Waals surface area contributed by atoms with E-state index in [1.807, 2.05) is 43.3 Å². The van der Waals surface area contributed by atoms with Gasteiger partial charge >= 0.3 is 0 Å². The van der Waals surface area contributed by atoms with Gasteiger partial charge in [-0.25, -0.2) is 0 Å².